The Hall–Kier alpha value is -1.65. The molecular formula is C13H16F2N2O. The molecule has 0 saturated carbocycles. The third-order valence-corrected chi connectivity index (χ3v) is 3.09. The van der Waals surface area contributed by atoms with Gasteiger partial charge in [0.2, 0.25) is 5.91 Å². The molecule has 1 aliphatic rings. The van der Waals surface area contributed by atoms with Gasteiger partial charge in [-0.25, -0.2) is 8.78 Å². The van der Waals surface area contributed by atoms with E-state index in [1.165, 1.54) is 6.07 Å². The average Bonchev–Trinajstić information content (AvgIpc) is 2.86. The molecular weight excluding hydrogens is 238 g/mol. The normalized spacial score (nSPS) is 16.7. The molecule has 5 heteroatoms. The number of halogens is 2. The summed E-state index contributed by atoms with van der Waals surface area (Å²) in [7, 11) is 0. The fourth-order valence-electron chi connectivity index (χ4n) is 2.11. The van der Waals surface area contributed by atoms with Gasteiger partial charge in [-0.2, -0.15) is 0 Å². The van der Waals surface area contributed by atoms with Gasteiger partial charge in [-0.05, 0) is 31.9 Å². The van der Waals surface area contributed by atoms with Crippen LogP contribution in [0.5, 0.6) is 0 Å². The van der Waals surface area contributed by atoms with E-state index in [1.807, 2.05) is 0 Å². The number of anilines is 1. The Labute approximate surface area is 105 Å². The Morgan fingerprint density at radius 3 is 2.56 bits per heavy atom. The zero-order valence-corrected chi connectivity index (χ0v) is 10.2. The first-order valence-corrected chi connectivity index (χ1v) is 6.08. The van der Waals surface area contributed by atoms with Crippen molar-refractivity contribution < 1.29 is 13.6 Å². The highest BCUT2D eigenvalue weighted by atomic mass is 19.2. The first-order chi connectivity index (χ1) is 8.58. The monoisotopic (exact) mass is 254 g/mol. The predicted molar refractivity (Wildman–Crippen MR) is 65.3 cm³/mol. The standard InChI is InChI=1S/C13H16F2N2O/c1-9(13(18)17-6-2-3-7-17)16-10-4-5-11(14)12(15)8-10/h4-5,8-9,16H,2-3,6-7H2,1H3. The topological polar surface area (TPSA) is 32.3 Å². The highest BCUT2D eigenvalue weighted by molar-refractivity contribution is 5.84. The molecule has 0 spiro atoms. The molecule has 2 rings (SSSR count). The Morgan fingerprint density at radius 2 is 1.94 bits per heavy atom. The van der Waals surface area contributed by atoms with Gasteiger partial charge in [-0.15, -0.1) is 0 Å². The number of hydrogen-bond acceptors (Lipinski definition) is 2. The summed E-state index contributed by atoms with van der Waals surface area (Å²) in [5.41, 5.74) is 0.411. The summed E-state index contributed by atoms with van der Waals surface area (Å²) >= 11 is 0. The van der Waals surface area contributed by atoms with E-state index in [9.17, 15) is 13.6 Å². The molecule has 3 nitrogen and oxygen atoms in total. The molecule has 1 saturated heterocycles. The molecule has 1 heterocycles. The summed E-state index contributed by atoms with van der Waals surface area (Å²) in [6, 6.07) is 3.09. The first-order valence-electron chi connectivity index (χ1n) is 6.08. The van der Waals surface area contributed by atoms with Crippen molar-refractivity contribution in [3.63, 3.8) is 0 Å². The van der Waals surface area contributed by atoms with Crippen LogP contribution >= 0.6 is 0 Å². The Balaban J connectivity index is 1.99. The van der Waals surface area contributed by atoms with Crippen molar-refractivity contribution in [2.24, 2.45) is 0 Å². The highest BCUT2D eigenvalue weighted by Crippen LogP contribution is 2.16. The van der Waals surface area contributed by atoms with Crippen LogP contribution in [-0.2, 0) is 4.79 Å². The molecule has 18 heavy (non-hydrogen) atoms. The number of likely N-dealkylation sites (tertiary alicyclic amines) is 1. The smallest absolute Gasteiger partial charge is 0.244 e. The molecule has 0 aliphatic carbocycles. The largest absolute Gasteiger partial charge is 0.374 e. The van der Waals surface area contributed by atoms with Crippen LogP contribution in [0.2, 0.25) is 0 Å². The van der Waals surface area contributed by atoms with Crippen molar-refractivity contribution in [3.05, 3.63) is 29.8 Å². The lowest BCUT2D eigenvalue weighted by molar-refractivity contribution is -0.130. The summed E-state index contributed by atoms with van der Waals surface area (Å²) in [6.07, 6.45) is 2.06. The fourth-order valence-corrected chi connectivity index (χ4v) is 2.11. The minimum absolute atomic E-state index is 0.00256. The Morgan fingerprint density at radius 1 is 1.28 bits per heavy atom. The third kappa shape index (κ3) is 2.78. The molecule has 98 valence electrons. The molecule has 0 bridgehead atoms. The van der Waals surface area contributed by atoms with Crippen LogP contribution in [0.25, 0.3) is 0 Å². The maximum absolute atomic E-state index is 13.0. The number of carbonyl (C=O) groups excluding carboxylic acids is 1. The van der Waals surface area contributed by atoms with E-state index < -0.39 is 17.7 Å². The molecule has 1 fully saturated rings. The van der Waals surface area contributed by atoms with Crippen molar-refractivity contribution in [1.29, 1.82) is 0 Å². The van der Waals surface area contributed by atoms with Crippen LogP contribution in [-0.4, -0.2) is 29.9 Å². The molecule has 0 aromatic heterocycles. The molecule has 1 unspecified atom stereocenters. The molecule has 1 aromatic rings. The first kappa shape index (κ1) is 12.8. The summed E-state index contributed by atoms with van der Waals surface area (Å²) in [5, 5.41) is 2.89. The third-order valence-electron chi connectivity index (χ3n) is 3.09. The number of nitrogens with zero attached hydrogens (tertiary/aromatic N) is 1. The second-order valence-electron chi connectivity index (χ2n) is 4.53. The van der Waals surface area contributed by atoms with Gasteiger partial charge >= 0.3 is 0 Å². The highest BCUT2D eigenvalue weighted by Gasteiger charge is 2.23. The number of carbonyl (C=O) groups is 1. The molecule has 1 amide bonds. The van der Waals surface area contributed by atoms with Gasteiger partial charge in [0.1, 0.15) is 6.04 Å². The second kappa shape index (κ2) is 5.33. The maximum atomic E-state index is 13.0. The maximum Gasteiger partial charge on any atom is 0.244 e. The SMILES string of the molecule is CC(Nc1ccc(F)c(F)c1)C(=O)N1CCCC1. The van der Waals surface area contributed by atoms with E-state index >= 15 is 0 Å². The van der Waals surface area contributed by atoms with E-state index in [1.54, 1.807) is 11.8 Å². The van der Waals surface area contributed by atoms with E-state index in [4.69, 9.17) is 0 Å². The van der Waals surface area contributed by atoms with Gasteiger partial charge < -0.3 is 10.2 Å². The van der Waals surface area contributed by atoms with E-state index in [0.29, 0.717) is 5.69 Å². The van der Waals surface area contributed by atoms with Crippen molar-refractivity contribution >= 4 is 11.6 Å². The zero-order valence-electron chi connectivity index (χ0n) is 10.2. The van der Waals surface area contributed by atoms with Crippen LogP contribution in [0.1, 0.15) is 19.8 Å². The van der Waals surface area contributed by atoms with E-state index in [-0.39, 0.29) is 5.91 Å². The van der Waals surface area contributed by atoms with Crippen molar-refractivity contribution in [3.8, 4) is 0 Å². The minimum atomic E-state index is -0.916. The van der Waals surface area contributed by atoms with Crippen molar-refractivity contribution in [2.75, 3.05) is 18.4 Å². The lowest BCUT2D eigenvalue weighted by Crippen LogP contribution is -2.39. The van der Waals surface area contributed by atoms with Crippen LogP contribution in [0.15, 0.2) is 18.2 Å². The van der Waals surface area contributed by atoms with Crippen LogP contribution in [0, 0.1) is 11.6 Å². The molecule has 1 aromatic carbocycles. The quantitative estimate of drug-likeness (QED) is 0.898. The predicted octanol–water partition coefficient (Wildman–Crippen LogP) is 2.39. The summed E-state index contributed by atoms with van der Waals surface area (Å²) in [6.45, 7) is 3.28. The van der Waals surface area contributed by atoms with Gasteiger partial charge in [0.15, 0.2) is 11.6 Å². The summed E-state index contributed by atoms with van der Waals surface area (Å²) in [4.78, 5) is 13.8. The average molecular weight is 254 g/mol. The van der Waals surface area contributed by atoms with Crippen LogP contribution < -0.4 is 5.32 Å². The van der Waals surface area contributed by atoms with Gasteiger partial charge in [-0.1, -0.05) is 0 Å². The lowest BCUT2D eigenvalue weighted by Gasteiger charge is -2.21. The van der Waals surface area contributed by atoms with Gasteiger partial charge in [0.05, 0.1) is 0 Å². The molecule has 1 aliphatic heterocycles. The number of benzene rings is 1. The van der Waals surface area contributed by atoms with Gasteiger partial charge in [-0.3, -0.25) is 4.79 Å². The van der Waals surface area contributed by atoms with E-state index in [0.717, 1.165) is 38.1 Å². The summed E-state index contributed by atoms with van der Waals surface area (Å²) < 4.78 is 25.8. The fraction of sp³-hybridized carbons (Fsp3) is 0.462. The number of hydrogen-bond donors (Lipinski definition) is 1. The lowest BCUT2D eigenvalue weighted by atomic mass is 10.2. The van der Waals surface area contributed by atoms with E-state index in [2.05, 4.69) is 5.32 Å². The Bertz CT molecular complexity index is 445. The molecule has 0 radical (unpaired) electrons. The van der Waals surface area contributed by atoms with Crippen molar-refractivity contribution in [2.45, 2.75) is 25.8 Å². The van der Waals surface area contributed by atoms with Crippen LogP contribution in [0.4, 0.5) is 14.5 Å². The zero-order chi connectivity index (χ0) is 13.1. The van der Waals surface area contributed by atoms with Gasteiger partial charge in [0, 0.05) is 24.8 Å². The van der Waals surface area contributed by atoms with Gasteiger partial charge in [0.25, 0.3) is 0 Å². The number of nitrogens with one attached hydrogen (secondary N) is 1. The molecule has 1 N–H and O–H groups in total. The van der Waals surface area contributed by atoms with Crippen molar-refractivity contribution in [1.82, 2.24) is 4.90 Å². The number of rotatable bonds is 3. The Kier molecular flexibility index (Phi) is 3.79. The van der Waals surface area contributed by atoms with Crippen LogP contribution in [0.3, 0.4) is 0 Å². The second-order valence-corrected chi connectivity index (χ2v) is 4.53. The number of amides is 1. The summed E-state index contributed by atoms with van der Waals surface area (Å²) in [5.74, 6) is -1.81. The minimum Gasteiger partial charge on any atom is -0.374 e. The molecule has 1 atom stereocenters.